The first-order valence-corrected chi connectivity index (χ1v) is 11.9. The highest BCUT2D eigenvalue weighted by molar-refractivity contribution is 7.17. The van der Waals surface area contributed by atoms with Crippen molar-refractivity contribution in [3.8, 4) is 11.4 Å². The van der Waals surface area contributed by atoms with Gasteiger partial charge in [0.25, 0.3) is 5.91 Å². The van der Waals surface area contributed by atoms with E-state index in [1.54, 1.807) is 30.6 Å². The molecule has 2 N–H and O–H groups in total. The molecule has 1 aliphatic carbocycles. The Morgan fingerprint density at radius 3 is 2.80 bits per heavy atom. The molecule has 0 bridgehead atoms. The van der Waals surface area contributed by atoms with Gasteiger partial charge in [-0.3, -0.25) is 9.78 Å². The van der Waals surface area contributed by atoms with E-state index in [0.717, 1.165) is 41.7 Å². The van der Waals surface area contributed by atoms with Crippen molar-refractivity contribution in [3.05, 3.63) is 64.3 Å². The van der Waals surface area contributed by atoms with Crippen LogP contribution in [0.2, 0.25) is 0 Å². The third-order valence-electron chi connectivity index (χ3n) is 5.80. The second-order valence-corrected chi connectivity index (χ2v) is 9.20. The van der Waals surface area contributed by atoms with Crippen LogP contribution < -0.4 is 5.32 Å². The highest BCUT2D eigenvalue weighted by Crippen LogP contribution is 2.38. The number of H-pyrrole nitrogens is 1. The van der Waals surface area contributed by atoms with E-state index in [1.165, 1.54) is 18.4 Å². The van der Waals surface area contributed by atoms with E-state index in [9.17, 15) is 14.4 Å². The number of pyridine rings is 1. The molecule has 1 amide bonds. The Bertz CT molecular complexity index is 1430. The van der Waals surface area contributed by atoms with Crippen LogP contribution in [-0.4, -0.2) is 46.5 Å². The van der Waals surface area contributed by atoms with Gasteiger partial charge in [-0.1, -0.05) is 0 Å². The summed E-state index contributed by atoms with van der Waals surface area (Å²) in [5, 5.41) is 3.16. The molecule has 35 heavy (non-hydrogen) atoms. The van der Waals surface area contributed by atoms with E-state index >= 15 is 0 Å². The summed E-state index contributed by atoms with van der Waals surface area (Å²) >= 11 is 1.38. The number of methoxy groups -OCH3 is 1. The molecule has 0 fully saturated rings. The molecule has 5 rings (SSSR count). The number of anilines is 1. The Morgan fingerprint density at radius 1 is 1.14 bits per heavy atom. The number of hydrogen-bond donors (Lipinski definition) is 2. The van der Waals surface area contributed by atoms with E-state index in [2.05, 4.69) is 20.3 Å². The van der Waals surface area contributed by atoms with E-state index in [-0.39, 0.29) is 5.56 Å². The smallest absolute Gasteiger partial charge is 0.341 e. The number of nitrogens with one attached hydrogen (secondary N) is 2. The third kappa shape index (κ3) is 4.65. The average Bonchev–Trinajstić information content (AvgIpc) is 3.48. The molecule has 0 aliphatic heterocycles. The second-order valence-electron chi connectivity index (χ2n) is 8.09. The fraction of sp³-hybridized carbons (Fsp3) is 0.240. The monoisotopic (exact) mass is 490 g/mol. The highest BCUT2D eigenvalue weighted by Gasteiger charge is 2.27. The number of aromatic nitrogens is 3. The van der Waals surface area contributed by atoms with E-state index in [1.807, 2.05) is 12.1 Å². The van der Waals surface area contributed by atoms with Crippen molar-refractivity contribution < 1.29 is 23.9 Å². The summed E-state index contributed by atoms with van der Waals surface area (Å²) in [7, 11) is 1.32. The zero-order valence-electron chi connectivity index (χ0n) is 18.9. The van der Waals surface area contributed by atoms with Crippen LogP contribution in [0.1, 0.15) is 44.0 Å². The lowest BCUT2D eigenvalue weighted by Crippen LogP contribution is -2.21. The van der Waals surface area contributed by atoms with Crippen LogP contribution >= 0.6 is 11.3 Å². The maximum absolute atomic E-state index is 12.6. The number of amides is 1. The molecule has 1 aliphatic rings. The molecule has 0 saturated carbocycles. The number of imidazole rings is 1. The molecule has 10 heteroatoms. The third-order valence-corrected chi connectivity index (χ3v) is 7.01. The summed E-state index contributed by atoms with van der Waals surface area (Å²) in [5.74, 6) is -1.00. The number of aryl methyl sites for hydroxylation is 1. The fourth-order valence-electron chi connectivity index (χ4n) is 4.13. The first-order valence-electron chi connectivity index (χ1n) is 11.1. The normalized spacial score (nSPS) is 12.7. The van der Waals surface area contributed by atoms with Crippen LogP contribution in [0, 0.1) is 0 Å². The zero-order valence-corrected chi connectivity index (χ0v) is 19.7. The van der Waals surface area contributed by atoms with Gasteiger partial charge in [0.1, 0.15) is 10.8 Å². The lowest BCUT2D eigenvalue weighted by atomic mass is 9.95. The van der Waals surface area contributed by atoms with Crippen LogP contribution in [0.3, 0.4) is 0 Å². The summed E-state index contributed by atoms with van der Waals surface area (Å²) in [6.07, 6.45) is 7.06. The fourth-order valence-corrected chi connectivity index (χ4v) is 5.42. The van der Waals surface area contributed by atoms with Gasteiger partial charge in [0.2, 0.25) is 0 Å². The van der Waals surface area contributed by atoms with E-state index in [0.29, 0.717) is 27.4 Å². The van der Waals surface area contributed by atoms with Crippen molar-refractivity contribution in [2.75, 3.05) is 19.0 Å². The Labute approximate surface area is 204 Å². The molecule has 9 nitrogen and oxygen atoms in total. The van der Waals surface area contributed by atoms with Crippen molar-refractivity contribution in [3.63, 3.8) is 0 Å². The molecular formula is C25H22N4O5S. The van der Waals surface area contributed by atoms with Gasteiger partial charge in [-0.25, -0.2) is 14.6 Å². The van der Waals surface area contributed by atoms with Crippen molar-refractivity contribution in [2.45, 2.75) is 25.7 Å². The number of thiophene rings is 1. The quantitative estimate of drug-likeness (QED) is 0.389. The van der Waals surface area contributed by atoms with Gasteiger partial charge < -0.3 is 19.8 Å². The Morgan fingerprint density at radius 2 is 2.00 bits per heavy atom. The molecule has 4 aromatic rings. The van der Waals surface area contributed by atoms with Gasteiger partial charge in [-0.05, 0) is 61.6 Å². The predicted octanol–water partition coefficient (Wildman–Crippen LogP) is 4.15. The van der Waals surface area contributed by atoms with Crippen LogP contribution in [0.15, 0.2) is 42.7 Å². The summed E-state index contributed by atoms with van der Waals surface area (Å²) in [4.78, 5) is 50.3. The van der Waals surface area contributed by atoms with Crippen molar-refractivity contribution in [1.82, 2.24) is 15.0 Å². The topological polar surface area (TPSA) is 123 Å². The van der Waals surface area contributed by atoms with Crippen LogP contribution in [0.25, 0.3) is 22.4 Å². The van der Waals surface area contributed by atoms with Gasteiger partial charge in [0, 0.05) is 22.8 Å². The summed E-state index contributed by atoms with van der Waals surface area (Å²) in [6.45, 7) is -0.482. The largest absolute Gasteiger partial charge is 0.465 e. The maximum Gasteiger partial charge on any atom is 0.341 e. The first kappa shape index (κ1) is 22.7. The number of aromatic amines is 1. The predicted molar refractivity (Wildman–Crippen MR) is 131 cm³/mol. The molecule has 0 spiro atoms. The summed E-state index contributed by atoms with van der Waals surface area (Å²) in [6, 6.07) is 8.63. The van der Waals surface area contributed by atoms with Crippen molar-refractivity contribution >= 4 is 45.2 Å². The van der Waals surface area contributed by atoms with Gasteiger partial charge in [0.05, 0.1) is 29.3 Å². The number of hydrogen-bond acceptors (Lipinski definition) is 8. The average molecular weight is 491 g/mol. The van der Waals surface area contributed by atoms with E-state index < -0.39 is 24.5 Å². The van der Waals surface area contributed by atoms with Crippen LogP contribution in [0.4, 0.5) is 5.00 Å². The standard InChI is InChI=1S/C25H22N4O5S/c1-33-25(32)21-16-6-2-3-7-19(16)35-23(21)29-20(30)13-34-24(31)14-8-9-17-18(11-14)28-22(27-17)15-5-4-10-26-12-15/h4-5,8-12H,2-3,6-7,13H2,1H3,(H,27,28)(H,29,30). The lowest BCUT2D eigenvalue weighted by molar-refractivity contribution is -0.119. The number of ether oxygens (including phenoxy) is 2. The number of nitrogens with zero attached hydrogens (tertiary/aromatic N) is 2. The molecule has 0 radical (unpaired) electrons. The number of esters is 2. The van der Waals surface area contributed by atoms with Gasteiger partial charge in [-0.15, -0.1) is 11.3 Å². The lowest BCUT2D eigenvalue weighted by Gasteiger charge is -2.11. The zero-order chi connectivity index (χ0) is 24.4. The molecule has 178 valence electrons. The van der Waals surface area contributed by atoms with Gasteiger partial charge >= 0.3 is 11.9 Å². The van der Waals surface area contributed by atoms with E-state index in [4.69, 9.17) is 9.47 Å². The number of fused-ring (bicyclic) bond motifs is 2. The highest BCUT2D eigenvalue weighted by atomic mass is 32.1. The molecular weight excluding hydrogens is 468 g/mol. The van der Waals surface area contributed by atoms with Gasteiger partial charge in [-0.2, -0.15) is 0 Å². The maximum atomic E-state index is 12.6. The summed E-state index contributed by atoms with van der Waals surface area (Å²) < 4.78 is 10.1. The Hall–Kier alpha value is -4.05. The van der Waals surface area contributed by atoms with Crippen LogP contribution in [0.5, 0.6) is 0 Å². The van der Waals surface area contributed by atoms with Crippen molar-refractivity contribution in [2.24, 2.45) is 0 Å². The number of carbonyl (C=O) groups is 3. The molecule has 3 aromatic heterocycles. The second kappa shape index (κ2) is 9.67. The first-order chi connectivity index (χ1) is 17.0. The number of carbonyl (C=O) groups excluding carboxylic acids is 3. The number of rotatable bonds is 6. The van der Waals surface area contributed by atoms with Crippen molar-refractivity contribution in [1.29, 1.82) is 0 Å². The Balaban J connectivity index is 1.26. The number of benzene rings is 1. The Kier molecular flexibility index (Phi) is 6.28. The SMILES string of the molecule is COC(=O)c1c(NC(=O)COC(=O)c2ccc3nc(-c4cccnc4)[nH]c3c2)sc2c1CCCC2. The molecule has 3 heterocycles. The van der Waals surface area contributed by atoms with Gasteiger partial charge in [0.15, 0.2) is 6.61 Å². The minimum atomic E-state index is -0.641. The molecule has 0 unspecified atom stereocenters. The molecule has 1 aromatic carbocycles. The summed E-state index contributed by atoms with van der Waals surface area (Å²) in [5.41, 5.74) is 3.81. The molecule has 0 atom stereocenters. The van der Waals surface area contributed by atoms with Crippen LogP contribution in [-0.2, 0) is 27.1 Å². The minimum absolute atomic E-state index is 0.286. The molecule has 0 saturated heterocycles. The minimum Gasteiger partial charge on any atom is -0.465 e.